The molecule has 0 saturated carbocycles. The first-order valence-corrected chi connectivity index (χ1v) is 5.47. The van der Waals surface area contributed by atoms with Crippen LogP contribution in [0.25, 0.3) is 0 Å². The molecule has 1 aromatic rings. The summed E-state index contributed by atoms with van der Waals surface area (Å²) < 4.78 is 0. The molecule has 84 valence electrons. The van der Waals surface area contributed by atoms with Gasteiger partial charge < -0.3 is 10.2 Å². The van der Waals surface area contributed by atoms with Gasteiger partial charge in [-0.25, -0.2) is 0 Å². The van der Waals surface area contributed by atoms with Gasteiger partial charge in [0, 0.05) is 5.02 Å². The molecule has 0 amide bonds. The third kappa shape index (κ3) is 3.49. The highest BCUT2D eigenvalue weighted by Gasteiger charge is 2.11. The second-order valence-electron chi connectivity index (χ2n) is 3.98. The van der Waals surface area contributed by atoms with Gasteiger partial charge in [-0.15, -0.1) is 0 Å². The topological polar surface area (TPSA) is 40.5 Å². The minimum atomic E-state index is -0.643. The maximum absolute atomic E-state index is 9.34. The minimum absolute atomic E-state index is 0.184. The summed E-state index contributed by atoms with van der Waals surface area (Å²) in [6.07, 6.45) is -0.0756. The van der Waals surface area contributed by atoms with Crippen molar-refractivity contribution in [2.45, 2.75) is 32.3 Å². The van der Waals surface area contributed by atoms with Crippen LogP contribution >= 0.6 is 11.6 Å². The Morgan fingerprint density at radius 1 is 1.40 bits per heavy atom. The van der Waals surface area contributed by atoms with E-state index in [0.29, 0.717) is 6.42 Å². The number of benzene rings is 1. The van der Waals surface area contributed by atoms with Gasteiger partial charge in [0.05, 0.1) is 12.7 Å². The zero-order chi connectivity index (χ0) is 11.4. The van der Waals surface area contributed by atoms with Crippen molar-refractivity contribution in [1.29, 1.82) is 0 Å². The quantitative estimate of drug-likeness (QED) is 0.832. The molecular formula is C12H17ClO2. The van der Waals surface area contributed by atoms with Crippen LogP contribution in [0.3, 0.4) is 0 Å². The molecule has 2 unspecified atom stereocenters. The Kier molecular flexibility index (Phi) is 4.58. The molecule has 1 aromatic carbocycles. The second-order valence-corrected chi connectivity index (χ2v) is 4.39. The molecule has 1 rings (SSSR count). The fourth-order valence-corrected chi connectivity index (χ4v) is 1.71. The van der Waals surface area contributed by atoms with Crippen molar-refractivity contribution < 1.29 is 10.2 Å². The molecule has 0 aliphatic carbocycles. The summed E-state index contributed by atoms with van der Waals surface area (Å²) >= 11 is 5.93. The van der Waals surface area contributed by atoms with Crippen LogP contribution in [0.1, 0.15) is 30.4 Å². The van der Waals surface area contributed by atoms with Crippen LogP contribution < -0.4 is 0 Å². The number of hydrogen-bond donors (Lipinski definition) is 2. The highest BCUT2D eigenvalue weighted by Crippen LogP contribution is 2.24. The monoisotopic (exact) mass is 228 g/mol. The van der Waals surface area contributed by atoms with E-state index in [0.717, 1.165) is 16.1 Å². The Balaban J connectivity index is 2.73. The van der Waals surface area contributed by atoms with Gasteiger partial charge in [0.1, 0.15) is 0 Å². The van der Waals surface area contributed by atoms with Gasteiger partial charge in [0.25, 0.3) is 0 Å². The Hall–Kier alpha value is -0.570. The summed E-state index contributed by atoms with van der Waals surface area (Å²) in [4.78, 5) is 0. The maximum Gasteiger partial charge on any atom is 0.0776 e. The van der Waals surface area contributed by atoms with Gasteiger partial charge in [-0.05, 0) is 36.5 Å². The summed E-state index contributed by atoms with van der Waals surface area (Å²) in [5.74, 6) is 0.225. The van der Waals surface area contributed by atoms with E-state index < -0.39 is 6.10 Å². The molecule has 0 aliphatic heterocycles. The third-order valence-electron chi connectivity index (χ3n) is 2.59. The maximum atomic E-state index is 9.34. The average Bonchev–Trinajstić information content (AvgIpc) is 2.21. The van der Waals surface area contributed by atoms with Crippen LogP contribution in [0.2, 0.25) is 5.02 Å². The van der Waals surface area contributed by atoms with Gasteiger partial charge in [-0.3, -0.25) is 0 Å². The smallest absolute Gasteiger partial charge is 0.0776 e. The summed E-state index contributed by atoms with van der Waals surface area (Å²) in [6, 6.07) is 5.86. The van der Waals surface area contributed by atoms with Crippen molar-refractivity contribution >= 4 is 11.6 Å². The van der Waals surface area contributed by atoms with E-state index in [9.17, 15) is 5.11 Å². The van der Waals surface area contributed by atoms with Crippen LogP contribution in [0.4, 0.5) is 0 Å². The lowest BCUT2D eigenvalue weighted by atomic mass is 9.94. The molecule has 0 aromatic heterocycles. The lowest BCUT2D eigenvalue weighted by Gasteiger charge is -2.15. The Labute approximate surface area is 95.5 Å². The van der Waals surface area contributed by atoms with Crippen LogP contribution in [-0.2, 0) is 0 Å². The zero-order valence-electron chi connectivity index (χ0n) is 9.07. The van der Waals surface area contributed by atoms with Gasteiger partial charge in [-0.1, -0.05) is 30.7 Å². The molecule has 2 nitrogen and oxygen atoms in total. The van der Waals surface area contributed by atoms with Crippen LogP contribution in [0.15, 0.2) is 18.2 Å². The summed E-state index contributed by atoms with van der Waals surface area (Å²) in [6.45, 7) is 3.81. The highest BCUT2D eigenvalue weighted by atomic mass is 35.5. The minimum Gasteiger partial charge on any atom is -0.394 e. The molecule has 2 atom stereocenters. The fraction of sp³-hybridized carbons (Fsp3) is 0.500. The van der Waals surface area contributed by atoms with Gasteiger partial charge in [-0.2, -0.15) is 0 Å². The number of aliphatic hydroxyl groups is 2. The lowest BCUT2D eigenvalue weighted by Crippen LogP contribution is -2.15. The predicted octanol–water partition coefficient (Wildman–Crippen LogP) is 2.50. The second kappa shape index (κ2) is 5.50. The zero-order valence-corrected chi connectivity index (χ0v) is 9.83. The van der Waals surface area contributed by atoms with Crippen molar-refractivity contribution in [2.75, 3.05) is 6.61 Å². The Morgan fingerprint density at radius 2 is 2.07 bits per heavy atom. The molecule has 0 spiro atoms. The first-order chi connectivity index (χ1) is 7.04. The standard InChI is InChI=1S/C12H17ClO2/c1-8(6-11(15)7-14)10-3-4-12(13)9(2)5-10/h3-5,8,11,14-15H,6-7H2,1-2H3. The van der Waals surface area contributed by atoms with Crippen molar-refractivity contribution in [2.24, 2.45) is 0 Å². The number of aliphatic hydroxyl groups excluding tert-OH is 2. The predicted molar refractivity (Wildman–Crippen MR) is 62.3 cm³/mol. The molecule has 0 fully saturated rings. The van der Waals surface area contributed by atoms with E-state index in [4.69, 9.17) is 16.7 Å². The highest BCUT2D eigenvalue weighted by molar-refractivity contribution is 6.31. The Bertz CT molecular complexity index is 325. The van der Waals surface area contributed by atoms with Crippen LogP contribution in [-0.4, -0.2) is 22.9 Å². The first kappa shape index (κ1) is 12.5. The summed E-state index contributed by atoms with van der Waals surface area (Å²) in [7, 11) is 0. The van der Waals surface area contributed by atoms with E-state index in [1.807, 2.05) is 32.0 Å². The fourth-order valence-electron chi connectivity index (χ4n) is 1.59. The molecule has 3 heteroatoms. The van der Waals surface area contributed by atoms with E-state index >= 15 is 0 Å². The van der Waals surface area contributed by atoms with Crippen molar-refractivity contribution in [3.63, 3.8) is 0 Å². The van der Waals surface area contributed by atoms with Crippen molar-refractivity contribution in [3.8, 4) is 0 Å². The number of aryl methyl sites for hydroxylation is 1. The van der Waals surface area contributed by atoms with Gasteiger partial charge in [0.15, 0.2) is 0 Å². The normalized spacial score (nSPS) is 15.0. The van der Waals surface area contributed by atoms with Crippen molar-refractivity contribution in [3.05, 3.63) is 34.3 Å². The number of halogens is 1. The molecule has 0 saturated heterocycles. The molecule has 15 heavy (non-hydrogen) atoms. The van der Waals surface area contributed by atoms with Crippen LogP contribution in [0, 0.1) is 6.92 Å². The number of rotatable bonds is 4. The number of hydrogen-bond acceptors (Lipinski definition) is 2. The van der Waals surface area contributed by atoms with Gasteiger partial charge in [0.2, 0.25) is 0 Å². The molecule has 0 aliphatic rings. The van der Waals surface area contributed by atoms with Gasteiger partial charge >= 0.3 is 0 Å². The first-order valence-electron chi connectivity index (χ1n) is 5.09. The largest absolute Gasteiger partial charge is 0.394 e. The average molecular weight is 229 g/mol. The van der Waals surface area contributed by atoms with E-state index in [1.165, 1.54) is 0 Å². The summed E-state index contributed by atoms with van der Waals surface area (Å²) in [5.41, 5.74) is 2.18. The molecule has 0 bridgehead atoms. The van der Waals surface area contributed by atoms with Crippen LogP contribution in [0.5, 0.6) is 0 Å². The molecular weight excluding hydrogens is 212 g/mol. The SMILES string of the molecule is Cc1cc(C(C)CC(O)CO)ccc1Cl. The molecule has 0 radical (unpaired) electrons. The van der Waals surface area contributed by atoms with E-state index in [-0.39, 0.29) is 12.5 Å². The van der Waals surface area contributed by atoms with Crippen molar-refractivity contribution in [1.82, 2.24) is 0 Å². The summed E-state index contributed by atoms with van der Waals surface area (Å²) in [5, 5.41) is 18.9. The van der Waals surface area contributed by atoms with E-state index in [1.54, 1.807) is 0 Å². The third-order valence-corrected chi connectivity index (χ3v) is 3.01. The molecule has 0 heterocycles. The van der Waals surface area contributed by atoms with E-state index in [2.05, 4.69) is 0 Å². The lowest BCUT2D eigenvalue weighted by molar-refractivity contribution is 0.0835. The molecule has 2 N–H and O–H groups in total. The Morgan fingerprint density at radius 3 is 2.60 bits per heavy atom.